The average molecular weight is 540 g/mol. The lowest BCUT2D eigenvalue weighted by Gasteiger charge is -2.34. The van der Waals surface area contributed by atoms with Gasteiger partial charge in [0.15, 0.2) is 0 Å². The highest BCUT2D eigenvalue weighted by atomic mass is 32.1. The van der Waals surface area contributed by atoms with Crippen molar-refractivity contribution < 1.29 is 23.9 Å². The third-order valence-electron chi connectivity index (χ3n) is 5.54. The highest BCUT2D eigenvalue weighted by Gasteiger charge is 2.36. The van der Waals surface area contributed by atoms with Gasteiger partial charge >= 0.3 is 6.09 Å². The molecule has 0 bridgehead atoms. The van der Waals surface area contributed by atoms with Crippen LogP contribution in [0.4, 0.5) is 10.5 Å². The highest BCUT2D eigenvalue weighted by Crippen LogP contribution is 2.28. The topological polar surface area (TPSA) is 97.0 Å². The van der Waals surface area contributed by atoms with Crippen LogP contribution in [0.25, 0.3) is 0 Å². The molecule has 0 heterocycles. The first kappa shape index (κ1) is 30.6. The Morgan fingerprint density at radius 2 is 1.76 bits per heavy atom. The fourth-order valence-electron chi connectivity index (χ4n) is 3.73. The third kappa shape index (κ3) is 8.73. The van der Waals surface area contributed by atoms with E-state index in [1.54, 1.807) is 76.4 Å². The minimum atomic E-state index is -1.06. The standard InChI is InChI=1S/C29H37N3O5S/c1-7-9-18-32(27(34)24(19-38)31-28(35)37-29(3,4)5)25(23-13-11-10-12-20(23)8-2)26(33)30-21-14-16-22(36-6)17-15-21/h2,10-17,24-25,38H,7,9,18-19H2,1,3-6H3,(H,30,33)(H,31,35). The van der Waals surface area contributed by atoms with E-state index in [1.165, 1.54) is 4.90 Å². The number of terminal acetylenes is 1. The SMILES string of the molecule is C#Cc1ccccc1C(C(=O)Nc1ccc(OC)cc1)N(CCCC)C(=O)C(CS)NC(=O)OC(C)(C)C. The number of rotatable bonds is 11. The summed E-state index contributed by atoms with van der Waals surface area (Å²) >= 11 is 4.31. The molecule has 0 aliphatic rings. The fourth-order valence-corrected chi connectivity index (χ4v) is 3.98. The molecule has 204 valence electrons. The Balaban J connectivity index is 2.51. The Morgan fingerprint density at radius 1 is 1.11 bits per heavy atom. The number of alkyl carbamates (subject to hydrolysis) is 1. The van der Waals surface area contributed by atoms with Crippen LogP contribution in [0.5, 0.6) is 5.75 Å². The van der Waals surface area contributed by atoms with Crippen molar-refractivity contribution >= 4 is 36.2 Å². The van der Waals surface area contributed by atoms with Gasteiger partial charge in [0.25, 0.3) is 5.91 Å². The molecule has 0 spiro atoms. The van der Waals surface area contributed by atoms with E-state index in [9.17, 15) is 14.4 Å². The van der Waals surface area contributed by atoms with Gasteiger partial charge < -0.3 is 25.0 Å². The summed E-state index contributed by atoms with van der Waals surface area (Å²) in [5, 5.41) is 5.50. The number of amides is 3. The Labute approximate surface area is 230 Å². The Hall–Kier alpha value is -3.64. The first-order valence-electron chi connectivity index (χ1n) is 12.5. The van der Waals surface area contributed by atoms with E-state index in [4.69, 9.17) is 15.9 Å². The van der Waals surface area contributed by atoms with Crippen LogP contribution in [0.3, 0.4) is 0 Å². The van der Waals surface area contributed by atoms with Crippen LogP contribution in [-0.4, -0.2) is 53.9 Å². The monoisotopic (exact) mass is 539 g/mol. The number of anilines is 1. The van der Waals surface area contributed by atoms with Crippen LogP contribution in [0, 0.1) is 12.3 Å². The van der Waals surface area contributed by atoms with Crippen LogP contribution in [0.1, 0.15) is 57.7 Å². The second-order valence-corrected chi connectivity index (χ2v) is 9.98. The number of nitrogens with zero attached hydrogens (tertiary/aromatic N) is 1. The molecule has 38 heavy (non-hydrogen) atoms. The average Bonchev–Trinajstić information content (AvgIpc) is 2.88. The second-order valence-electron chi connectivity index (χ2n) is 9.62. The van der Waals surface area contributed by atoms with Crippen LogP contribution in [0.15, 0.2) is 48.5 Å². The molecular weight excluding hydrogens is 502 g/mol. The minimum absolute atomic E-state index is 0.00427. The van der Waals surface area contributed by atoms with Crippen molar-refractivity contribution in [3.8, 4) is 18.1 Å². The molecule has 0 aromatic heterocycles. The molecular formula is C29H37N3O5S. The van der Waals surface area contributed by atoms with Gasteiger partial charge in [-0.2, -0.15) is 12.6 Å². The smallest absolute Gasteiger partial charge is 0.408 e. The van der Waals surface area contributed by atoms with E-state index in [-0.39, 0.29) is 12.3 Å². The van der Waals surface area contributed by atoms with Crippen LogP contribution in [-0.2, 0) is 14.3 Å². The van der Waals surface area contributed by atoms with Gasteiger partial charge in [-0.3, -0.25) is 9.59 Å². The lowest BCUT2D eigenvalue weighted by Crippen LogP contribution is -2.53. The van der Waals surface area contributed by atoms with Gasteiger partial charge in [0.1, 0.15) is 23.4 Å². The number of hydrogen-bond donors (Lipinski definition) is 3. The van der Waals surface area contributed by atoms with Gasteiger partial charge in [0.05, 0.1) is 7.11 Å². The Morgan fingerprint density at radius 3 is 2.32 bits per heavy atom. The van der Waals surface area contributed by atoms with Crippen molar-refractivity contribution in [1.82, 2.24) is 10.2 Å². The van der Waals surface area contributed by atoms with Gasteiger partial charge in [-0.05, 0) is 63.1 Å². The molecule has 3 amide bonds. The number of hydrogen-bond acceptors (Lipinski definition) is 6. The molecule has 0 aliphatic carbocycles. The lowest BCUT2D eigenvalue weighted by atomic mass is 9.97. The molecule has 0 saturated heterocycles. The van der Waals surface area contributed by atoms with Crippen molar-refractivity contribution in [1.29, 1.82) is 0 Å². The number of carbonyl (C=O) groups is 3. The van der Waals surface area contributed by atoms with E-state index >= 15 is 0 Å². The van der Waals surface area contributed by atoms with Crippen molar-refractivity contribution in [3.05, 3.63) is 59.7 Å². The predicted octanol–water partition coefficient (Wildman–Crippen LogP) is 4.81. The largest absolute Gasteiger partial charge is 0.497 e. The summed E-state index contributed by atoms with van der Waals surface area (Å²) in [5.74, 6) is 2.35. The van der Waals surface area contributed by atoms with E-state index in [0.717, 1.165) is 6.42 Å². The predicted molar refractivity (Wildman–Crippen MR) is 152 cm³/mol. The van der Waals surface area contributed by atoms with Crippen molar-refractivity contribution in [3.63, 3.8) is 0 Å². The number of nitrogens with one attached hydrogen (secondary N) is 2. The molecule has 2 atom stereocenters. The zero-order valence-corrected chi connectivity index (χ0v) is 23.5. The Kier molecular flexibility index (Phi) is 11.5. The number of carbonyl (C=O) groups excluding carboxylic acids is 3. The van der Waals surface area contributed by atoms with E-state index in [0.29, 0.717) is 29.0 Å². The van der Waals surface area contributed by atoms with Crippen molar-refractivity contribution in [2.75, 3.05) is 24.7 Å². The normalized spacial score (nSPS) is 12.4. The number of benzene rings is 2. The van der Waals surface area contributed by atoms with Gasteiger partial charge in [-0.1, -0.05) is 37.5 Å². The number of methoxy groups -OCH3 is 1. The van der Waals surface area contributed by atoms with E-state index < -0.39 is 35.6 Å². The molecule has 8 nitrogen and oxygen atoms in total. The summed E-state index contributed by atoms with van der Waals surface area (Å²) in [7, 11) is 1.56. The van der Waals surface area contributed by atoms with Gasteiger partial charge in [0.2, 0.25) is 5.91 Å². The quantitative estimate of drug-likeness (QED) is 0.281. The second kappa shape index (κ2) is 14.3. The molecule has 2 N–H and O–H groups in total. The lowest BCUT2D eigenvalue weighted by molar-refractivity contribution is -0.140. The van der Waals surface area contributed by atoms with Gasteiger partial charge in [0, 0.05) is 23.5 Å². The zero-order chi connectivity index (χ0) is 28.3. The van der Waals surface area contributed by atoms with Crippen LogP contribution in [0.2, 0.25) is 0 Å². The van der Waals surface area contributed by atoms with Crippen LogP contribution >= 0.6 is 12.6 Å². The minimum Gasteiger partial charge on any atom is -0.497 e. The molecule has 0 fully saturated rings. The van der Waals surface area contributed by atoms with E-state index in [2.05, 4.69) is 29.2 Å². The maximum atomic E-state index is 13.9. The summed E-state index contributed by atoms with van der Waals surface area (Å²) in [6, 6.07) is 11.8. The molecule has 2 rings (SSSR count). The molecule has 2 aromatic carbocycles. The summed E-state index contributed by atoms with van der Waals surface area (Å²) in [4.78, 5) is 41.7. The molecule has 2 aromatic rings. The zero-order valence-electron chi connectivity index (χ0n) is 22.6. The number of thiol groups is 1. The summed E-state index contributed by atoms with van der Waals surface area (Å²) in [6.07, 6.45) is 6.43. The summed E-state index contributed by atoms with van der Waals surface area (Å²) in [5.41, 5.74) is 0.766. The molecule has 0 radical (unpaired) electrons. The number of ether oxygens (including phenoxy) is 2. The van der Waals surface area contributed by atoms with Gasteiger partial charge in [-0.15, -0.1) is 6.42 Å². The maximum Gasteiger partial charge on any atom is 0.408 e. The van der Waals surface area contributed by atoms with Gasteiger partial charge in [-0.25, -0.2) is 4.79 Å². The van der Waals surface area contributed by atoms with E-state index in [1.807, 2.05) is 6.92 Å². The fraction of sp³-hybridized carbons (Fsp3) is 0.414. The van der Waals surface area contributed by atoms with Crippen molar-refractivity contribution in [2.24, 2.45) is 0 Å². The number of unbranched alkanes of at least 4 members (excludes halogenated alkanes) is 1. The molecule has 2 unspecified atom stereocenters. The highest BCUT2D eigenvalue weighted by molar-refractivity contribution is 7.80. The first-order valence-corrected chi connectivity index (χ1v) is 13.1. The summed E-state index contributed by atoms with van der Waals surface area (Å²) < 4.78 is 10.5. The first-order chi connectivity index (χ1) is 18.0. The maximum absolute atomic E-state index is 13.9. The van der Waals surface area contributed by atoms with Crippen molar-refractivity contribution in [2.45, 2.75) is 58.2 Å². The van der Waals surface area contributed by atoms with Crippen LogP contribution < -0.4 is 15.4 Å². The third-order valence-corrected chi connectivity index (χ3v) is 5.90. The summed E-state index contributed by atoms with van der Waals surface area (Å²) in [6.45, 7) is 7.44. The molecule has 0 saturated carbocycles. The molecule has 0 aliphatic heterocycles. The Bertz CT molecular complexity index is 1140. The molecule has 9 heteroatoms.